The summed E-state index contributed by atoms with van der Waals surface area (Å²) in [5, 5.41) is 12.4. The molecule has 194 valence electrons. The Hall–Kier alpha value is -5.67. The molecule has 0 unspecified atom stereocenters. The summed E-state index contributed by atoms with van der Waals surface area (Å²) in [4.78, 5) is 36.1. The summed E-state index contributed by atoms with van der Waals surface area (Å²) < 4.78 is 11.1. The van der Waals surface area contributed by atoms with Gasteiger partial charge in [0.25, 0.3) is 0 Å². The predicted octanol–water partition coefficient (Wildman–Crippen LogP) is 6.90. The lowest BCUT2D eigenvalue weighted by Crippen LogP contribution is -2.11. The van der Waals surface area contributed by atoms with Crippen molar-refractivity contribution < 1.29 is 29.0 Å². The zero-order valence-corrected chi connectivity index (χ0v) is 21.4. The van der Waals surface area contributed by atoms with Crippen LogP contribution in [0.2, 0.25) is 0 Å². The molecule has 0 fully saturated rings. The minimum absolute atomic E-state index is 0.280. The summed E-state index contributed by atoms with van der Waals surface area (Å²) in [6, 6.07) is 27.9. The molecule has 5 rings (SSSR count). The third-order valence-electron chi connectivity index (χ3n) is 6.11. The molecular formula is C34H22O6. The van der Waals surface area contributed by atoms with Crippen molar-refractivity contribution in [3.63, 3.8) is 0 Å². The van der Waals surface area contributed by atoms with Gasteiger partial charge < -0.3 is 14.6 Å². The van der Waals surface area contributed by atoms with E-state index in [-0.39, 0.29) is 5.56 Å². The zero-order chi connectivity index (χ0) is 28.1. The molecule has 0 saturated heterocycles. The van der Waals surface area contributed by atoms with Crippen LogP contribution >= 0.6 is 0 Å². The Labute approximate surface area is 230 Å². The van der Waals surface area contributed by atoms with Crippen LogP contribution in [0, 0.1) is 11.8 Å². The third kappa shape index (κ3) is 6.07. The molecule has 0 aromatic heterocycles. The van der Waals surface area contributed by atoms with E-state index < -0.39 is 17.9 Å². The molecule has 5 aromatic carbocycles. The number of rotatable bonds is 6. The minimum Gasteiger partial charge on any atom is -0.478 e. The lowest BCUT2D eigenvalue weighted by molar-refractivity contribution is -0.131. The van der Waals surface area contributed by atoms with Crippen molar-refractivity contribution in [2.24, 2.45) is 0 Å². The number of hydrogen-bond donors (Lipinski definition) is 1. The number of carboxylic acid groups (broad SMARTS) is 1. The largest absolute Gasteiger partial charge is 0.478 e. The van der Waals surface area contributed by atoms with E-state index in [0.717, 1.165) is 38.7 Å². The third-order valence-corrected chi connectivity index (χ3v) is 6.11. The standard InChI is InChI=1S/C34H22O6/c1-2-3-22-4-7-28-20-30(15-13-26(28)18-22)39-33(37)24-9-11-25(12-10-24)34(38)40-31-16-14-27-19-23(6-17-32(35)36)5-8-29(27)21-31/h4-21H,1H3,(H,35,36)/b17-6+. The smallest absolute Gasteiger partial charge is 0.343 e. The molecule has 0 heterocycles. The maximum absolute atomic E-state index is 12.7. The van der Waals surface area contributed by atoms with Crippen molar-refractivity contribution in [3.05, 3.63) is 125 Å². The molecule has 0 aliphatic heterocycles. The molecule has 40 heavy (non-hydrogen) atoms. The number of fused-ring (bicyclic) bond motifs is 2. The van der Waals surface area contributed by atoms with Gasteiger partial charge in [0.15, 0.2) is 0 Å². The van der Waals surface area contributed by atoms with E-state index in [4.69, 9.17) is 14.6 Å². The fourth-order valence-electron chi connectivity index (χ4n) is 4.16. The second-order valence-electron chi connectivity index (χ2n) is 8.90. The molecule has 0 bridgehead atoms. The van der Waals surface area contributed by atoms with Crippen molar-refractivity contribution in [2.45, 2.75) is 6.92 Å². The molecule has 5 aromatic rings. The number of esters is 2. The Morgan fingerprint density at radius 3 is 1.70 bits per heavy atom. The van der Waals surface area contributed by atoms with Crippen LogP contribution in [-0.2, 0) is 4.79 Å². The van der Waals surface area contributed by atoms with E-state index in [1.165, 1.54) is 30.3 Å². The van der Waals surface area contributed by atoms with Crippen LogP contribution in [0.1, 0.15) is 38.8 Å². The number of benzene rings is 5. The van der Waals surface area contributed by atoms with Gasteiger partial charge in [0.05, 0.1) is 11.1 Å². The number of hydrogen-bond acceptors (Lipinski definition) is 5. The van der Waals surface area contributed by atoms with Crippen molar-refractivity contribution >= 4 is 45.5 Å². The minimum atomic E-state index is -1.02. The maximum Gasteiger partial charge on any atom is 0.343 e. The van der Waals surface area contributed by atoms with Crippen LogP contribution in [0.25, 0.3) is 27.6 Å². The molecule has 0 amide bonds. The molecule has 0 atom stereocenters. The average molecular weight is 527 g/mol. The number of aliphatic carboxylic acids is 1. The summed E-state index contributed by atoms with van der Waals surface area (Å²) in [5.41, 5.74) is 2.24. The number of ether oxygens (including phenoxy) is 2. The summed E-state index contributed by atoms with van der Waals surface area (Å²) in [6.45, 7) is 1.79. The Bertz CT molecular complexity index is 1870. The normalized spacial score (nSPS) is 10.7. The first-order valence-electron chi connectivity index (χ1n) is 12.3. The van der Waals surface area contributed by atoms with Crippen LogP contribution in [-0.4, -0.2) is 23.0 Å². The fraction of sp³-hybridized carbons (Fsp3) is 0.0294. The average Bonchev–Trinajstić information content (AvgIpc) is 2.96. The van der Waals surface area contributed by atoms with E-state index in [2.05, 4.69) is 11.8 Å². The van der Waals surface area contributed by atoms with Crippen LogP contribution in [0.15, 0.2) is 103 Å². The highest BCUT2D eigenvalue weighted by molar-refractivity contribution is 5.96. The van der Waals surface area contributed by atoms with Crippen LogP contribution in [0.3, 0.4) is 0 Å². The number of carbonyl (C=O) groups is 3. The first-order chi connectivity index (χ1) is 19.4. The van der Waals surface area contributed by atoms with Gasteiger partial charge in [-0.25, -0.2) is 14.4 Å². The lowest BCUT2D eigenvalue weighted by atomic mass is 10.1. The Morgan fingerprint density at radius 1 is 0.650 bits per heavy atom. The summed E-state index contributed by atoms with van der Waals surface area (Å²) in [6.07, 6.45) is 2.58. The van der Waals surface area contributed by atoms with E-state index >= 15 is 0 Å². The molecule has 0 aliphatic carbocycles. The van der Waals surface area contributed by atoms with E-state index in [1.54, 1.807) is 43.3 Å². The van der Waals surface area contributed by atoms with Gasteiger partial charge in [-0.1, -0.05) is 36.3 Å². The van der Waals surface area contributed by atoms with Gasteiger partial charge in [0, 0.05) is 11.6 Å². The van der Waals surface area contributed by atoms with Crippen molar-refractivity contribution in [2.75, 3.05) is 0 Å². The van der Waals surface area contributed by atoms with Gasteiger partial charge >= 0.3 is 17.9 Å². The van der Waals surface area contributed by atoms with E-state index in [0.29, 0.717) is 17.1 Å². The highest BCUT2D eigenvalue weighted by Crippen LogP contribution is 2.25. The van der Waals surface area contributed by atoms with Gasteiger partial charge in [-0.15, -0.1) is 5.92 Å². The second-order valence-corrected chi connectivity index (χ2v) is 8.90. The summed E-state index contributed by atoms with van der Waals surface area (Å²) in [7, 11) is 0. The van der Waals surface area contributed by atoms with Gasteiger partial charge in [-0.3, -0.25) is 0 Å². The SMILES string of the molecule is CC#Cc1ccc2cc(OC(=O)c3ccc(C(=O)Oc4ccc5cc(/C=C/C(=O)O)ccc5c4)cc3)ccc2c1. The van der Waals surface area contributed by atoms with Gasteiger partial charge in [0.1, 0.15) is 11.5 Å². The first-order valence-corrected chi connectivity index (χ1v) is 12.3. The quantitative estimate of drug-likeness (QED) is 0.112. The monoisotopic (exact) mass is 526 g/mol. The number of carbonyl (C=O) groups excluding carboxylic acids is 2. The second kappa shape index (κ2) is 11.4. The molecule has 0 radical (unpaired) electrons. The summed E-state index contributed by atoms with van der Waals surface area (Å²) in [5.74, 6) is 4.55. The van der Waals surface area contributed by atoms with E-state index in [1.807, 2.05) is 36.4 Å². The molecule has 6 heteroatoms. The highest BCUT2D eigenvalue weighted by Gasteiger charge is 2.13. The Morgan fingerprint density at radius 2 is 1.15 bits per heavy atom. The molecule has 0 spiro atoms. The van der Waals surface area contributed by atoms with Crippen LogP contribution < -0.4 is 9.47 Å². The van der Waals surface area contributed by atoms with Crippen LogP contribution in [0.4, 0.5) is 0 Å². The van der Waals surface area contributed by atoms with Crippen molar-refractivity contribution in [1.82, 2.24) is 0 Å². The van der Waals surface area contributed by atoms with E-state index in [9.17, 15) is 14.4 Å². The van der Waals surface area contributed by atoms with Gasteiger partial charge in [-0.05, 0) is 107 Å². The number of carboxylic acids is 1. The van der Waals surface area contributed by atoms with Crippen molar-refractivity contribution in [1.29, 1.82) is 0 Å². The highest BCUT2D eigenvalue weighted by atomic mass is 16.5. The molecule has 0 aliphatic rings. The summed E-state index contributed by atoms with van der Waals surface area (Å²) >= 11 is 0. The zero-order valence-electron chi connectivity index (χ0n) is 21.4. The Balaban J connectivity index is 1.24. The van der Waals surface area contributed by atoms with Crippen LogP contribution in [0.5, 0.6) is 11.5 Å². The lowest BCUT2D eigenvalue weighted by Gasteiger charge is -2.08. The molecular weight excluding hydrogens is 504 g/mol. The maximum atomic E-state index is 12.7. The molecule has 1 N–H and O–H groups in total. The van der Waals surface area contributed by atoms with Gasteiger partial charge in [0.2, 0.25) is 0 Å². The predicted molar refractivity (Wildman–Crippen MR) is 153 cm³/mol. The van der Waals surface area contributed by atoms with Gasteiger partial charge in [-0.2, -0.15) is 0 Å². The first kappa shape index (κ1) is 26.0. The molecule has 6 nitrogen and oxygen atoms in total. The molecule has 0 saturated carbocycles. The fourth-order valence-corrected chi connectivity index (χ4v) is 4.16. The van der Waals surface area contributed by atoms with Crippen molar-refractivity contribution in [3.8, 4) is 23.3 Å². The Kier molecular flexibility index (Phi) is 7.38. The topological polar surface area (TPSA) is 89.9 Å².